The molecule has 5 rings (SSSR count). The van der Waals surface area contributed by atoms with Crippen LogP contribution in [0, 0.1) is 0 Å². The molecular weight excluding hydrogens is 566 g/mol. The fourth-order valence-electron chi connectivity index (χ4n) is 5.55. The normalized spacial score (nSPS) is 15.4. The summed E-state index contributed by atoms with van der Waals surface area (Å²) in [5.41, 5.74) is 5.09. The molecule has 1 aliphatic carbocycles. The zero-order valence-corrected chi connectivity index (χ0v) is 27.3. The predicted octanol–water partition coefficient (Wildman–Crippen LogP) is 8.06. The van der Waals surface area contributed by atoms with E-state index in [4.69, 9.17) is 9.47 Å². The van der Waals surface area contributed by atoms with Crippen LogP contribution < -0.4 is 10.2 Å². The Balaban J connectivity index is 1.35. The molecule has 238 valence electrons. The number of carbonyl (C=O) groups excluding carboxylic acids is 3. The van der Waals surface area contributed by atoms with E-state index in [-0.39, 0.29) is 18.3 Å². The first-order chi connectivity index (χ1) is 21.3. The molecule has 0 bridgehead atoms. The molecule has 1 saturated carbocycles. The van der Waals surface area contributed by atoms with Crippen molar-refractivity contribution in [2.45, 2.75) is 77.9 Å². The topological polar surface area (TPSA) is 88.2 Å². The van der Waals surface area contributed by atoms with Crippen molar-refractivity contribution >= 4 is 29.3 Å². The maximum atomic E-state index is 13.8. The maximum absolute atomic E-state index is 13.8. The van der Waals surface area contributed by atoms with E-state index in [9.17, 15) is 14.4 Å². The Morgan fingerprint density at radius 1 is 0.778 bits per heavy atom. The van der Waals surface area contributed by atoms with Gasteiger partial charge < -0.3 is 19.3 Å². The second-order valence-corrected chi connectivity index (χ2v) is 14.0. The van der Waals surface area contributed by atoms with Gasteiger partial charge in [-0.3, -0.25) is 10.1 Å². The van der Waals surface area contributed by atoms with Crippen LogP contribution in [0.2, 0.25) is 0 Å². The summed E-state index contributed by atoms with van der Waals surface area (Å²) >= 11 is 0. The number of anilines is 2. The van der Waals surface area contributed by atoms with Gasteiger partial charge in [0.05, 0.1) is 0 Å². The number of hydrogen-bond donors (Lipinski definition) is 1. The summed E-state index contributed by atoms with van der Waals surface area (Å²) in [6.45, 7) is 13.7. The van der Waals surface area contributed by atoms with E-state index in [1.165, 1.54) is 5.56 Å². The molecule has 0 radical (unpaired) electrons. The van der Waals surface area contributed by atoms with Gasteiger partial charge in [-0.1, -0.05) is 36.4 Å². The zero-order chi connectivity index (χ0) is 32.4. The van der Waals surface area contributed by atoms with Crippen molar-refractivity contribution in [2.75, 3.05) is 36.4 Å². The van der Waals surface area contributed by atoms with Gasteiger partial charge in [0.15, 0.2) is 5.78 Å². The van der Waals surface area contributed by atoms with Gasteiger partial charge in [0.25, 0.3) is 0 Å². The molecule has 8 heteroatoms. The van der Waals surface area contributed by atoms with Crippen molar-refractivity contribution < 1.29 is 23.9 Å². The van der Waals surface area contributed by atoms with Crippen LogP contribution in [0.5, 0.6) is 0 Å². The molecule has 1 N–H and O–H groups in total. The van der Waals surface area contributed by atoms with E-state index in [2.05, 4.69) is 22.3 Å². The lowest BCUT2D eigenvalue weighted by Gasteiger charge is -2.37. The molecule has 0 spiro atoms. The first kappa shape index (κ1) is 32.1. The van der Waals surface area contributed by atoms with E-state index in [0.29, 0.717) is 43.3 Å². The van der Waals surface area contributed by atoms with Crippen molar-refractivity contribution in [1.82, 2.24) is 4.90 Å². The highest BCUT2D eigenvalue weighted by Gasteiger charge is 2.31. The molecule has 3 aromatic carbocycles. The Kier molecular flexibility index (Phi) is 9.23. The van der Waals surface area contributed by atoms with Crippen molar-refractivity contribution in [2.24, 2.45) is 0 Å². The average Bonchev–Trinajstić information content (AvgIpc) is 3.82. The van der Waals surface area contributed by atoms with Crippen LogP contribution in [0.1, 0.15) is 81.8 Å². The number of ketones is 1. The minimum absolute atomic E-state index is 0.0179. The van der Waals surface area contributed by atoms with E-state index in [1.54, 1.807) is 4.90 Å². The Morgan fingerprint density at radius 2 is 1.44 bits per heavy atom. The lowest BCUT2D eigenvalue weighted by Crippen LogP contribution is -2.50. The lowest BCUT2D eigenvalue weighted by molar-refractivity contribution is 0.0240. The van der Waals surface area contributed by atoms with Crippen molar-refractivity contribution in [3.05, 3.63) is 83.4 Å². The number of nitrogens with zero attached hydrogens (tertiary/aromatic N) is 2. The summed E-state index contributed by atoms with van der Waals surface area (Å²) in [5.74, 6) is 0.415. The highest BCUT2D eigenvalue weighted by atomic mass is 16.6. The number of ether oxygens (including phenoxy) is 2. The number of rotatable bonds is 7. The molecule has 0 aromatic heterocycles. The summed E-state index contributed by atoms with van der Waals surface area (Å²) in [6, 6.07) is 21.7. The number of benzene rings is 3. The van der Waals surface area contributed by atoms with Crippen LogP contribution >= 0.6 is 0 Å². The Hall–Kier alpha value is -4.33. The van der Waals surface area contributed by atoms with Gasteiger partial charge in [0.1, 0.15) is 11.2 Å². The summed E-state index contributed by atoms with van der Waals surface area (Å²) in [4.78, 5) is 43.2. The van der Waals surface area contributed by atoms with Gasteiger partial charge >= 0.3 is 12.2 Å². The third-order valence-electron chi connectivity index (χ3n) is 7.84. The Labute approximate surface area is 266 Å². The lowest BCUT2D eigenvalue weighted by atomic mass is 9.95. The van der Waals surface area contributed by atoms with Crippen LogP contribution in [0.4, 0.5) is 21.0 Å². The van der Waals surface area contributed by atoms with Gasteiger partial charge in [-0.25, -0.2) is 9.59 Å². The van der Waals surface area contributed by atoms with Crippen molar-refractivity contribution in [3.8, 4) is 11.1 Å². The van der Waals surface area contributed by atoms with Crippen LogP contribution in [-0.4, -0.2) is 60.3 Å². The monoisotopic (exact) mass is 611 g/mol. The number of hydrogen-bond acceptors (Lipinski definition) is 6. The first-order valence-electron chi connectivity index (χ1n) is 15.8. The molecule has 45 heavy (non-hydrogen) atoms. The number of Topliss-reactive ketones (excluding diaryl/α,β-unsaturated/α-hetero) is 1. The van der Waals surface area contributed by atoms with Crippen LogP contribution in [0.3, 0.4) is 0 Å². The highest BCUT2D eigenvalue weighted by molar-refractivity contribution is 6.00. The molecule has 1 heterocycles. The van der Waals surface area contributed by atoms with Crippen molar-refractivity contribution in [3.63, 3.8) is 0 Å². The standard InChI is InChI=1S/C37H45N3O5/c1-36(2,3)44-34(42)38-31-16-14-27(25-10-8-7-9-11-25)22-29(31)24-33(41)28-15-17-32(30(23-28)26-12-13-26)39-18-20-40(21-19-39)35(43)45-37(4,5)6/h7-11,14-17,22-23,26H,12-13,18-21,24H2,1-6H3,(H,38,42). The first-order valence-corrected chi connectivity index (χ1v) is 15.8. The largest absolute Gasteiger partial charge is 0.444 e. The molecule has 2 aliphatic rings. The Morgan fingerprint density at radius 3 is 2.07 bits per heavy atom. The smallest absolute Gasteiger partial charge is 0.412 e. The maximum Gasteiger partial charge on any atom is 0.412 e. The number of carbonyl (C=O) groups is 3. The molecule has 2 amide bonds. The predicted molar refractivity (Wildman–Crippen MR) is 178 cm³/mol. The highest BCUT2D eigenvalue weighted by Crippen LogP contribution is 2.45. The molecule has 0 atom stereocenters. The van der Waals surface area contributed by atoms with Gasteiger partial charge in [-0.15, -0.1) is 0 Å². The van der Waals surface area contributed by atoms with E-state index in [1.807, 2.05) is 96.1 Å². The van der Waals surface area contributed by atoms with Crippen LogP contribution in [0.15, 0.2) is 66.7 Å². The fourth-order valence-corrected chi connectivity index (χ4v) is 5.55. The SMILES string of the molecule is CC(C)(C)OC(=O)Nc1ccc(-c2ccccc2)cc1CC(=O)c1ccc(N2CCN(C(=O)OC(C)(C)C)CC2)c(C2CC2)c1. The summed E-state index contributed by atoms with van der Waals surface area (Å²) in [7, 11) is 0. The van der Waals surface area contributed by atoms with Gasteiger partial charge in [0, 0.05) is 49.5 Å². The van der Waals surface area contributed by atoms with Gasteiger partial charge in [0.2, 0.25) is 0 Å². The molecule has 1 saturated heterocycles. The zero-order valence-electron chi connectivity index (χ0n) is 27.3. The number of nitrogens with one attached hydrogen (secondary N) is 1. The van der Waals surface area contributed by atoms with Gasteiger partial charge in [-0.05, 0) is 113 Å². The third-order valence-corrected chi connectivity index (χ3v) is 7.84. The number of amides is 2. The molecule has 8 nitrogen and oxygen atoms in total. The second kappa shape index (κ2) is 13.0. The van der Waals surface area contributed by atoms with Crippen LogP contribution in [-0.2, 0) is 15.9 Å². The minimum atomic E-state index is -0.645. The fraction of sp³-hybridized carbons (Fsp3) is 0.432. The van der Waals surface area contributed by atoms with E-state index < -0.39 is 17.3 Å². The molecule has 0 unspecified atom stereocenters. The molecule has 2 fully saturated rings. The summed E-state index contributed by atoms with van der Waals surface area (Å²) in [6.07, 6.45) is 1.50. The molecule has 1 aliphatic heterocycles. The summed E-state index contributed by atoms with van der Waals surface area (Å²) < 4.78 is 11.1. The quantitative estimate of drug-likeness (QED) is 0.272. The minimum Gasteiger partial charge on any atom is -0.444 e. The second-order valence-electron chi connectivity index (χ2n) is 14.0. The molecular formula is C37H45N3O5. The van der Waals surface area contributed by atoms with E-state index >= 15 is 0 Å². The number of piperazine rings is 1. The van der Waals surface area contributed by atoms with Crippen molar-refractivity contribution in [1.29, 1.82) is 0 Å². The summed E-state index contributed by atoms with van der Waals surface area (Å²) in [5, 5.41) is 2.86. The van der Waals surface area contributed by atoms with Gasteiger partial charge in [-0.2, -0.15) is 0 Å². The Bertz CT molecular complexity index is 1540. The third kappa shape index (κ3) is 8.65. The average molecular weight is 612 g/mol. The van der Waals surface area contributed by atoms with Crippen LogP contribution in [0.25, 0.3) is 11.1 Å². The van der Waals surface area contributed by atoms with E-state index in [0.717, 1.165) is 35.2 Å². The molecule has 3 aromatic rings.